The highest BCUT2D eigenvalue weighted by atomic mass is 35.5. The van der Waals surface area contributed by atoms with Crippen molar-refractivity contribution >= 4 is 23.5 Å². The smallest absolute Gasteiger partial charge is 0.346 e. The molecule has 7 heteroatoms. The number of nitrogens with zero attached hydrogens (tertiary/aromatic N) is 2. The standard InChI is InChI=1S/C15H15ClN2O4/c1-9-12(15(20)22-10(2)14(19)21-3)13(16)18(17-9)11-7-5-4-6-8-11/h4-8,10H,1-3H3/t10-/m0/s1. The number of aryl methyl sites for hydroxylation is 1. The van der Waals surface area contributed by atoms with Crippen LogP contribution in [0.15, 0.2) is 30.3 Å². The number of para-hydroxylation sites is 1. The Hall–Kier alpha value is -2.34. The van der Waals surface area contributed by atoms with Gasteiger partial charge in [-0.3, -0.25) is 0 Å². The van der Waals surface area contributed by atoms with Crippen molar-refractivity contribution in [3.8, 4) is 5.69 Å². The van der Waals surface area contributed by atoms with Crippen molar-refractivity contribution in [2.24, 2.45) is 0 Å². The van der Waals surface area contributed by atoms with E-state index in [4.69, 9.17) is 16.3 Å². The van der Waals surface area contributed by atoms with Gasteiger partial charge in [0.25, 0.3) is 0 Å². The molecule has 22 heavy (non-hydrogen) atoms. The van der Waals surface area contributed by atoms with Crippen LogP contribution in [0.3, 0.4) is 0 Å². The number of carbonyl (C=O) groups excluding carboxylic acids is 2. The summed E-state index contributed by atoms with van der Waals surface area (Å²) in [6.45, 7) is 3.07. The molecule has 6 nitrogen and oxygen atoms in total. The number of hydrogen-bond donors (Lipinski definition) is 0. The molecule has 116 valence electrons. The lowest BCUT2D eigenvalue weighted by Crippen LogP contribution is -2.25. The Morgan fingerprint density at radius 1 is 1.27 bits per heavy atom. The minimum atomic E-state index is -1.02. The molecule has 0 saturated carbocycles. The van der Waals surface area contributed by atoms with Gasteiger partial charge in [0, 0.05) is 0 Å². The van der Waals surface area contributed by atoms with Crippen LogP contribution in [-0.4, -0.2) is 34.9 Å². The maximum Gasteiger partial charge on any atom is 0.346 e. The van der Waals surface area contributed by atoms with Gasteiger partial charge >= 0.3 is 11.9 Å². The molecule has 0 N–H and O–H groups in total. The summed E-state index contributed by atoms with van der Waals surface area (Å²) in [5.74, 6) is -1.36. The molecule has 0 amide bonds. The molecule has 0 radical (unpaired) electrons. The summed E-state index contributed by atoms with van der Waals surface area (Å²) in [7, 11) is 1.22. The Kier molecular flexibility index (Phi) is 4.82. The molecule has 0 aliphatic carbocycles. The van der Waals surface area contributed by atoms with E-state index < -0.39 is 18.0 Å². The predicted octanol–water partition coefficient (Wildman–Crippen LogP) is 2.55. The Labute approximate surface area is 132 Å². The summed E-state index contributed by atoms with van der Waals surface area (Å²) in [5.41, 5.74) is 1.26. The van der Waals surface area contributed by atoms with Gasteiger partial charge in [-0.15, -0.1) is 0 Å². The van der Waals surface area contributed by atoms with Gasteiger partial charge in [-0.05, 0) is 26.0 Å². The molecular weight excluding hydrogens is 308 g/mol. The Bertz CT molecular complexity index is 697. The first-order valence-electron chi connectivity index (χ1n) is 6.55. The highest BCUT2D eigenvalue weighted by Crippen LogP contribution is 2.24. The average molecular weight is 323 g/mol. The third-order valence-electron chi connectivity index (χ3n) is 3.03. The minimum absolute atomic E-state index is 0.126. The first-order valence-corrected chi connectivity index (χ1v) is 6.92. The second kappa shape index (κ2) is 6.62. The fourth-order valence-electron chi connectivity index (χ4n) is 1.90. The van der Waals surface area contributed by atoms with E-state index in [0.717, 1.165) is 5.69 Å². The molecule has 0 unspecified atom stereocenters. The van der Waals surface area contributed by atoms with Gasteiger partial charge in [-0.1, -0.05) is 29.8 Å². The SMILES string of the molecule is COC(=O)[C@H](C)OC(=O)c1c(C)nn(-c2ccccc2)c1Cl. The van der Waals surface area contributed by atoms with Gasteiger partial charge in [-0.2, -0.15) is 5.10 Å². The van der Waals surface area contributed by atoms with E-state index in [1.807, 2.05) is 30.3 Å². The third kappa shape index (κ3) is 3.12. The quantitative estimate of drug-likeness (QED) is 0.809. The lowest BCUT2D eigenvalue weighted by Gasteiger charge is -2.10. The fourth-order valence-corrected chi connectivity index (χ4v) is 2.25. The molecule has 1 aromatic heterocycles. The zero-order chi connectivity index (χ0) is 16.3. The normalized spacial score (nSPS) is 11.8. The van der Waals surface area contributed by atoms with Gasteiger partial charge in [0.2, 0.25) is 0 Å². The number of aromatic nitrogens is 2. The molecule has 0 fully saturated rings. The molecule has 0 aliphatic heterocycles. The maximum absolute atomic E-state index is 12.2. The van der Waals surface area contributed by atoms with Crippen LogP contribution in [0.1, 0.15) is 23.0 Å². The first kappa shape index (κ1) is 16.0. The number of methoxy groups -OCH3 is 1. The van der Waals surface area contributed by atoms with Crippen LogP contribution in [0.25, 0.3) is 5.69 Å². The first-order chi connectivity index (χ1) is 10.5. The number of esters is 2. The van der Waals surface area contributed by atoms with Crippen LogP contribution in [0.5, 0.6) is 0 Å². The summed E-state index contributed by atoms with van der Waals surface area (Å²) >= 11 is 6.24. The molecule has 0 aliphatic rings. The summed E-state index contributed by atoms with van der Waals surface area (Å²) in [6.07, 6.45) is -1.02. The molecule has 1 atom stereocenters. The zero-order valence-corrected chi connectivity index (χ0v) is 13.1. The highest BCUT2D eigenvalue weighted by Gasteiger charge is 2.26. The number of carbonyl (C=O) groups is 2. The number of rotatable bonds is 4. The van der Waals surface area contributed by atoms with Crippen molar-refractivity contribution in [2.75, 3.05) is 7.11 Å². The summed E-state index contributed by atoms with van der Waals surface area (Å²) < 4.78 is 11.0. The third-order valence-corrected chi connectivity index (χ3v) is 3.37. The molecule has 0 bridgehead atoms. The van der Waals surface area contributed by atoms with E-state index in [1.54, 1.807) is 6.92 Å². The number of hydrogen-bond acceptors (Lipinski definition) is 5. The molecule has 2 rings (SSSR count). The second-order valence-electron chi connectivity index (χ2n) is 4.57. The summed E-state index contributed by atoms with van der Waals surface area (Å²) in [6, 6.07) is 9.15. The van der Waals surface area contributed by atoms with Gasteiger partial charge in [-0.25, -0.2) is 14.3 Å². The average Bonchev–Trinajstić information content (AvgIpc) is 2.82. The van der Waals surface area contributed by atoms with E-state index in [-0.39, 0.29) is 10.7 Å². The predicted molar refractivity (Wildman–Crippen MR) is 80.2 cm³/mol. The fraction of sp³-hybridized carbons (Fsp3) is 0.267. The molecule has 1 heterocycles. The van der Waals surface area contributed by atoms with E-state index in [0.29, 0.717) is 5.69 Å². The second-order valence-corrected chi connectivity index (χ2v) is 4.93. The highest BCUT2D eigenvalue weighted by molar-refractivity contribution is 6.33. The monoisotopic (exact) mass is 322 g/mol. The van der Waals surface area contributed by atoms with E-state index in [9.17, 15) is 9.59 Å². The van der Waals surface area contributed by atoms with Crippen molar-refractivity contribution < 1.29 is 19.1 Å². The zero-order valence-electron chi connectivity index (χ0n) is 12.4. The molecule has 0 saturated heterocycles. The van der Waals surface area contributed by atoms with Gasteiger partial charge in [0.1, 0.15) is 10.7 Å². The Morgan fingerprint density at radius 2 is 1.91 bits per heavy atom. The van der Waals surface area contributed by atoms with Gasteiger partial charge in [0.05, 0.1) is 18.5 Å². The number of halogens is 1. The summed E-state index contributed by atoms with van der Waals surface area (Å²) in [5, 5.41) is 4.37. The minimum Gasteiger partial charge on any atom is -0.466 e. The van der Waals surface area contributed by atoms with Crippen LogP contribution < -0.4 is 0 Å². The number of benzene rings is 1. The van der Waals surface area contributed by atoms with Gasteiger partial charge < -0.3 is 9.47 Å². The van der Waals surface area contributed by atoms with Crippen molar-refractivity contribution in [3.05, 3.63) is 46.7 Å². The van der Waals surface area contributed by atoms with Crippen molar-refractivity contribution in [2.45, 2.75) is 20.0 Å². The van der Waals surface area contributed by atoms with E-state index >= 15 is 0 Å². The van der Waals surface area contributed by atoms with Crippen LogP contribution >= 0.6 is 11.6 Å². The van der Waals surface area contributed by atoms with E-state index in [2.05, 4.69) is 9.84 Å². The maximum atomic E-state index is 12.2. The topological polar surface area (TPSA) is 70.4 Å². The van der Waals surface area contributed by atoms with Crippen LogP contribution in [0.2, 0.25) is 5.15 Å². The number of ether oxygens (including phenoxy) is 2. The summed E-state index contributed by atoms with van der Waals surface area (Å²) in [4.78, 5) is 23.5. The van der Waals surface area contributed by atoms with Crippen molar-refractivity contribution in [1.82, 2.24) is 9.78 Å². The van der Waals surface area contributed by atoms with Crippen LogP contribution in [-0.2, 0) is 14.3 Å². The molecule has 1 aromatic carbocycles. The van der Waals surface area contributed by atoms with Crippen molar-refractivity contribution in [1.29, 1.82) is 0 Å². The van der Waals surface area contributed by atoms with Crippen LogP contribution in [0, 0.1) is 6.92 Å². The Morgan fingerprint density at radius 3 is 2.50 bits per heavy atom. The van der Waals surface area contributed by atoms with Gasteiger partial charge in [0.15, 0.2) is 6.10 Å². The Balaban J connectivity index is 2.31. The molecule has 2 aromatic rings. The van der Waals surface area contributed by atoms with Crippen molar-refractivity contribution in [3.63, 3.8) is 0 Å². The lowest BCUT2D eigenvalue weighted by molar-refractivity contribution is -0.149. The molecular formula is C15H15ClN2O4. The van der Waals surface area contributed by atoms with E-state index in [1.165, 1.54) is 18.7 Å². The van der Waals surface area contributed by atoms with Crippen LogP contribution in [0.4, 0.5) is 0 Å². The molecule has 0 spiro atoms. The lowest BCUT2D eigenvalue weighted by atomic mass is 10.2. The largest absolute Gasteiger partial charge is 0.466 e.